The van der Waals surface area contributed by atoms with E-state index in [2.05, 4.69) is 27.0 Å². The first-order valence-electron chi connectivity index (χ1n) is 13.9. The molecule has 0 bridgehead atoms. The van der Waals surface area contributed by atoms with Crippen molar-refractivity contribution in [2.75, 3.05) is 11.9 Å². The first kappa shape index (κ1) is 25.1. The fourth-order valence-electron chi connectivity index (χ4n) is 5.35. The molecule has 0 radical (unpaired) electrons. The summed E-state index contributed by atoms with van der Waals surface area (Å²) < 4.78 is 16.0. The summed E-state index contributed by atoms with van der Waals surface area (Å²) in [7, 11) is 0. The zero-order valence-corrected chi connectivity index (χ0v) is 22.2. The van der Waals surface area contributed by atoms with Gasteiger partial charge in [-0.1, -0.05) is 12.1 Å². The van der Waals surface area contributed by atoms with Gasteiger partial charge in [0.25, 0.3) is 0 Å². The third-order valence-corrected chi connectivity index (χ3v) is 7.90. The predicted octanol–water partition coefficient (Wildman–Crippen LogP) is 6.92. The van der Waals surface area contributed by atoms with E-state index < -0.39 is 6.09 Å². The molecule has 0 unspecified atom stereocenters. The molecular formula is C31H33N5O3. The molecule has 39 heavy (non-hydrogen) atoms. The maximum atomic E-state index is 12.3. The second-order valence-electron chi connectivity index (χ2n) is 10.6. The lowest BCUT2D eigenvalue weighted by atomic mass is 9.92. The predicted molar refractivity (Wildman–Crippen MR) is 150 cm³/mol. The van der Waals surface area contributed by atoms with Crippen molar-refractivity contribution in [2.24, 2.45) is 5.92 Å². The minimum absolute atomic E-state index is 0.0637. The number of ether oxygens (including phenoxy) is 2. The molecule has 8 nitrogen and oxygen atoms in total. The van der Waals surface area contributed by atoms with Gasteiger partial charge in [0.05, 0.1) is 29.7 Å². The lowest BCUT2D eigenvalue weighted by Crippen LogP contribution is -2.21. The lowest BCUT2D eigenvalue weighted by Gasteiger charge is -2.30. The minimum atomic E-state index is -0.430. The number of imidazole rings is 1. The number of amides is 1. The maximum Gasteiger partial charge on any atom is 0.411 e. The van der Waals surface area contributed by atoms with Crippen molar-refractivity contribution < 1.29 is 14.3 Å². The summed E-state index contributed by atoms with van der Waals surface area (Å²) in [6.07, 6.45) is 11.5. The van der Waals surface area contributed by atoms with Gasteiger partial charge in [0, 0.05) is 42.1 Å². The van der Waals surface area contributed by atoms with Crippen molar-refractivity contribution in [3.8, 4) is 23.1 Å². The van der Waals surface area contributed by atoms with Gasteiger partial charge in [-0.15, -0.1) is 0 Å². The molecule has 2 saturated carbocycles. The number of nitrogens with one attached hydrogen (secondary N) is 1. The molecule has 1 amide bonds. The van der Waals surface area contributed by atoms with Crippen LogP contribution in [0.1, 0.15) is 57.1 Å². The number of fused-ring (bicyclic) bond motifs is 1. The molecule has 2 aliphatic rings. The summed E-state index contributed by atoms with van der Waals surface area (Å²) in [6.45, 7) is 3.40. The molecule has 200 valence electrons. The van der Waals surface area contributed by atoms with Gasteiger partial charge in [-0.05, 0) is 81.2 Å². The van der Waals surface area contributed by atoms with E-state index in [-0.39, 0.29) is 6.10 Å². The number of anilines is 1. The monoisotopic (exact) mass is 523 g/mol. The van der Waals surface area contributed by atoms with E-state index in [0.29, 0.717) is 29.8 Å². The van der Waals surface area contributed by atoms with E-state index in [1.807, 2.05) is 60.4 Å². The van der Waals surface area contributed by atoms with Crippen molar-refractivity contribution >= 4 is 22.7 Å². The first-order valence-corrected chi connectivity index (χ1v) is 13.9. The third-order valence-electron chi connectivity index (χ3n) is 7.90. The molecule has 2 aliphatic carbocycles. The van der Waals surface area contributed by atoms with Crippen molar-refractivity contribution in [3.63, 3.8) is 0 Å². The number of hydrogen-bond donors (Lipinski definition) is 1. The van der Waals surface area contributed by atoms with E-state index in [1.165, 1.54) is 6.42 Å². The number of carbonyl (C=O) groups is 1. The molecule has 1 N–H and O–H groups in total. The highest BCUT2D eigenvalue weighted by Crippen LogP contribution is 2.43. The summed E-state index contributed by atoms with van der Waals surface area (Å²) >= 11 is 0. The summed E-state index contributed by atoms with van der Waals surface area (Å²) in [4.78, 5) is 16.4. The highest BCUT2D eigenvalue weighted by Gasteiger charge is 2.31. The fraction of sp³-hybridized carbons (Fsp3) is 0.387. The number of hydrogen-bond acceptors (Lipinski definition) is 5. The van der Waals surface area contributed by atoms with Crippen molar-refractivity contribution in [2.45, 2.75) is 64.1 Å². The van der Waals surface area contributed by atoms with Crippen LogP contribution in [0.25, 0.3) is 22.2 Å². The van der Waals surface area contributed by atoms with Gasteiger partial charge in [0.2, 0.25) is 0 Å². The van der Waals surface area contributed by atoms with E-state index >= 15 is 0 Å². The third kappa shape index (κ3) is 5.35. The van der Waals surface area contributed by atoms with Crippen LogP contribution in [-0.4, -0.2) is 32.9 Å². The van der Waals surface area contributed by atoms with Gasteiger partial charge in [0.15, 0.2) is 0 Å². The van der Waals surface area contributed by atoms with Crippen molar-refractivity contribution in [1.82, 2.24) is 14.1 Å². The number of aryl methyl sites for hydroxylation is 1. The van der Waals surface area contributed by atoms with Crippen molar-refractivity contribution in [3.05, 3.63) is 66.7 Å². The molecule has 6 rings (SSSR count). The lowest BCUT2D eigenvalue weighted by molar-refractivity contribution is 0.108. The molecule has 0 spiro atoms. The topological polar surface area (TPSA) is 94.1 Å². The molecular weight excluding hydrogens is 490 g/mol. The second-order valence-corrected chi connectivity index (χ2v) is 10.6. The van der Waals surface area contributed by atoms with Crippen LogP contribution in [0.2, 0.25) is 0 Å². The average molecular weight is 524 g/mol. The zero-order chi connectivity index (χ0) is 26.8. The summed E-state index contributed by atoms with van der Waals surface area (Å²) in [5.41, 5.74) is 4.23. The highest BCUT2D eigenvalue weighted by atomic mass is 16.6. The largest absolute Gasteiger partial charge is 0.493 e. The molecule has 0 saturated heterocycles. The molecule has 2 heterocycles. The Labute approximate surface area is 228 Å². The molecule has 4 aromatic rings. The molecule has 2 fully saturated rings. The molecule has 8 heteroatoms. The van der Waals surface area contributed by atoms with Crippen LogP contribution in [0.3, 0.4) is 0 Å². The fourth-order valence-corrected chi connectivity index (χ4v) is 5.35. The second kappa shape index (κ2) is 10.9. The Kier molecular flexibility index (Phi) is 6.97. The number of nitriles is 1. The van der Waals surface area contributed by atoms with E-state index in [0.717, 1.165) is 66.6 Å². The van der Waals surface area contributed by atoms with Crippen molar-refractivity contribution in [1.29, 1.82) is 5.26 Å². The Bertz CT molecular complexity index is 1490. The van der Waals surface area contributed by atoms with Gasteiger partial charge in [0.1, 0.15) is 17.9 Å². The van der Waals surface area contributed by atoms with Crippen LogP contribution in [0, 0.1) is 17.2 Å². The molecule has 2 aromatic heterocycles. The van der Waals surface area contributed by atoms with Gasteiger partial charge >= 0.3 is 6.09 Å². The number of carbonyl (C=O) groups excluding carboxylic acids is 1. The van der Waals surface area contributed by atoms with Gasteiger partial charge in [-0.25, -0.2) is 9.78 Å². The Morgan fingerprint density at radius 3 is 2.67 bits per heavy atom. The van der Waals surface area contributed by atoms with Gasteiger partial charge in [-0.2, -0.15) is 5.26 Å². The average Bonchev–Trinajstić information content (AvgIpc) is 3.55. The molecule has 0 aliphatic heterocycles. The van der Waals surface area contributed by atoms with Crippen LogP contribution < -0.4 is 10.1 Å². The maximum absolute atomic E-state index is 12.3. The van der Waals surface area contributed by atoms with E-state index in [1.54, 1.807) is 6.20 Å². The highest BCUT2D eigenvalue weighted by molar-refractivity contribution is 5.96. The Balaban J connectivity index is 1.24. The molecule has 1 atom stereocenters. The van der Waals surface area contributed by atoms with Crippen LogP contribution >= 0.6 is 0 Å². The standard InChI is InChI=1S/C31H33N5O3/c1-21(22-6-7-22)39-31(37)34-24-10-8-23(9-11-24)30-28(19-32)27-13-12-26(18-29(27)36(30)25-4-2-5-25)38-17-3-15-35-16-14-33-20-35/h8-14,16,18,20-22,25H,2-7,15,17H2,1H3,(H,34,37)/t21-/m0/s1. The minimum Gasteiger partial charge on any atom is -0.493 e. The van der Waals surface area contributed by atoms with Crippen LogP contribution in [0.5, 0.6) is 5.75 Å². The number of aromatic nitrogens is 3. The van der Waals surface area contributed by atoms with Crippen LogP contribution in [0.15, 0.2) is 61.2 Å². The quantitative estimate of drug-likeness (QED) is 0.228. The van der Waals surface area contributed by atoms with Crippen LogP contribution in [0.4, 0.5) is 10.5 Å². The number of rotatable bonds is 10. The Morgan fingerprint density at radius 1 is 1.18 bits per heavy atom. The Morgan fingerprint density at radius 2 is 2.00 bits per heavy atom. The summed E-state index contributed by atoms with van der Waals surface area (Å²) in [5.74, 6) is 1.30. The number of benzene rings is 2. The van der Waals surface area contributed by atoms with Gasteiger partial charge < -0.3 is 18.6 Å². The SMILES string of the molecule is C[C@H](OC(=O)Nc1ccc(-c2c(C#N)c3ccc(OCCCn4ccnc4)cc3n2C2CCC2)cc1)C1CC1. The Hall–Kier alpha value is -4.25. The number of nitrogens with zero attached hydrogens (tertiary/aromatic N) is 4. The molecule has 2 aromatic carbocycles. The van der Waals surface area contributed by atoms with Crippen LogP contribution in [-0.2, 0) is 11.3 Å². The zero-order valence-electron chi connectivity index (χ0n) is 22.2. The van der Waals surface area contributed by atoms with Gasteiger partial charge in [-0.3, -0.25) is 5.32 Å². The normalized spacial score (nSPS) is 15.9. The van der Waals surface area contributed by atoms with E-state index in [4.69, 9.17) is 9.47 Å². The summed E-state index contributed by atoms with van der Waals surface area (Å²) in [5, 5.41) is 14.0. The first-order chi connectivity index (χ1) is 19.1. The van der Waals surface area contributed by atoms with E-state index in [9.17, 15) is 10.1 Å². The summed E-state index contributed by atoms with van der Waals surface area (Å²) in [6, 6.07) is 16.5. The smallest absolute Gasteiger partial charge is 0.411 e.